The Bertz CT molecular complexity index is 1520. The number of hydrogen-bond donors (Lipinski definition) is 2. The molecule has 0 radical (unpaired) electrons. The molecule has 0 atom stereocenters. The third kappa shape index (κ3) is 7.01. The van der Waals surface area contributed by atoms with Crippen LogP contribution in [-0.4, -0.2) is 45.9 Å². The topological polar surface area (TPSA) is 61.0 Å². The van der Waals surface area contributed by atoms with Gasteiger partial charge in [0.05, 0.1) is 5.41 Å². The quantitative estimate of drug-likeness (QED) is 0.163. The molecule has 0 aliphatic carbocycles. The third-order valence-electron chi connectivity index (χ3n) is 9.70. The van der Waals surface area contributed by atoms with Gasteiger partial charge in [-0.15, -0.1) is 24.8 Å². The molecule has 236 valence electrons. The number of nitrogens with zero attached hydrogens (tertiary/aromatic N) is 2. The highest BCUT2D eigenvalue weighted by Gasteiger charge is 2.46. The van der Waals surface area contributed by atoms with Crippen molar-refractivity contribution in [1.29, 1.82) is 0 Å². The molecule has 6 rings (SSSR count). The highest BCUT2D eigenvalue weighted by molar-refractivity contribution is 5.94. The van der Waals surface area contributed by atoms with E-state index in [1.165, 1.54) is 64.6 Å². The second-order valence-electron chi connectivity index (χ2n) is 13.2. The molecule has 44 heavy (non-hydrogen) atoms. The summed E-state index contributed by atoms with van der Waals surface area (Å²) in [7, 11) is 0. The standard InChI is InChI=1S/C37H46N4O.2ClH/c1-25-20-26(2)22-28(21-25)35-32(16-19-38-17-6-5-8-27-9-7-18-39-24-27)33-23-29(10-15-34(33)40-35)37(3,4)36(42)41-30-11-12-31(41)14-13-30;;/h7,9-10,15,18,20-24,30-31,38,40H,5-6,8,11-14,16-17,19H2,1-4H3;2*1H. The molecular formula is C37H48Cl2N4O. The van der Waals surface area contributed by atoms with Crippen LogP contribution in [0, 0.1) is 13.8 Å². The van der Waals surface area contributed by atoms with Gasteiger partial charge in [0.2, 0.25) is 5.91 Å². The summed E-state index contributed by atoms with van der Waals surface area (Å²) in [4.78, 5) is 24.2. The van der Waals surface area contributed by atoms with E-state index in [1.54, 1.807) is 0 Å². The molecule has 1 amide bonds. The lowest BCUT2D eigenvalue weighted by molar-refractivity contribution is -0.137. The predicted molar refractivity (Wildman–Crippen MR) is 187 cm³/mol. The van der Waals surface area contributed by atoms with Crippen molar-refractivity contribution in [3.63, 3.8) is 0 Å². The lowest BCUT2D eigenvalue weighted by Gasteiger charge is -2.33. The zero-order valence-corrected chi connectivity index (χ0v) is 28.3. The van der Waals surface area contributed by atoms with Crippen molar-refractivity contribution in [3.8, 4) is 11.3 Å². The summed E-state index contributed by atoms with van der Waals surface area (Å²) in [5, 5.41) is 4.94. The maximum atomic E-state index is 13.9. The molecule has 4 heterocycles. The molecule has 0 spiro atoms. The van der Waals surface area contributed by atoms with Gasteiger partial charge in [0.1, 0.15) is 0 Å². The summed E-state index contributed by atoms with van der Waals surface area (Å²) in [5.41, 5.74) is 9.33. The summed E-state index contributed by atoms with van der Waals surface area (Å²) in [6.07, 6.45) is 12.8. The second-order valence-corrected chi connectivity index (χ2v) is 13.2. The van der Waals surface area contributed by atoms with Gasteiger partial charge in [-0.2, -0.15) is 0 Å². The van der Waals surface area contributed by atoms with Gasteiger partial charge in [0.25, 0.3) is 0 Å². The van der Waals surface area contributed by atoms with Gasteiger partial charge in [-0.1, -0.05) is 29.3 Å². The lowest BCUT2D eigenvalue weighted by Crippen LogP contribution is -2.45. The molecule has 0 unspecified atom stereocenters. The number of carbonyl (C=O) groups excluding carboxylic acids is 1. The van der Waals surface area contributed by atoms with E-state index < -0.39 is 5.41 Å². The Kier molecular flexibility index (Phi) is 11.2. The molecule has 4 aromatic rings. The fourth-order valence-electron chi connectivity index (χ4n) is 7.42. The number of aryl methyl sites for hydroxylation is 3. The van der Waals surface area contributed by atoms with Gasteiger partial charge in [0, 0.05) is 41.1 Å². The van der Waals surface area contributed by atoms with Crippen LogP contribution in [0.3, 0.4) is 0 Å². The zero-order chi connectivity index (χ0) is 29.3. The Morgan fingerprint density at radius 3 is 2.30 bits per heavy atom. The van der Waals surface area contributed by atoms with Crippen LogP contribution in [0.2, 0.25) is 0 Å². The number of benzene rings is 2. The Labute approximate surface area is 275 Å². The molecule has 2 aromatic carbocycles. The van der Waals surface area contributed by atoms with Crippen molar-refractivity contribution in [2.24, 2.45) is 0 Å². The number of pyridine rings is 1. The number of aromatic amines is 1. The number of H-pyrrole nitrogens is 1. The number of halogens is 2. The molecule has 0 saturated carbocycles. The number of unbranched alkanes of at least 4 members (excludes halogenated alkanes) is 1. The van der Waals surface area contributed by atoms with Crippen LogP contribution in [0.1, 0.15) is 80.2 Å². The van der Waals surface area contributed by atoms with Crippen molar-refractivity contribution in [3.05, 3.63) is 88.7 Å². The molecule has 2 bridgehead atoms. The van der Waals surface area contributed by atoms with E-state index in [9.17, 15) is 4.79 Å². The first kappa shape index (κ1) is 34.0. The van der Waals surface area contributed by atoms with Gasteiger partial charge in [-0.3, -0.25) is 9.78 Å². The van der Waals surface area contributed by atoms with Crippen molar-refractivity contribution < 1.29 is 4.79 Å². The Morgan fingerprint density at radius 2 is 1.64 bits per heavy atom. The molecule has 2 N–H and O–H groups in total. The Balaban J connectivity index is 0.00000221. The molecule has 2 saturated heterocycles. The zero-order valence-electron chi connectivity index (χ0n) is 26.6. The van der Waals surface area contributed by atoms with Crippen molar-refractivity contribution in [1.82, 2.24) is 20.2 Å². The molecule has 2 aromatic heterocycles. The monoisotopic (exact) mass is 634 g/mol. The second kappa shape index (κ2) is 14.5. The fraction of sp³-hybridized carbons (Fsp3) is 0.459. The van der Waals surface area contributed by atoms with Crippen molar-refractivity contribution >= 4 is 41.6 Å². The van der Waals surface area contributed by atoms with E-state index in [-0.39, 0.29) is 24.8 Å². The van der Waals surface area contributed by atoms with E-state index in [1.807, 2.05) is 18.5 Å². The summed E-state index contributed by atoms with van der Waals surface area (Å²) in [6, 6.07) is 18.5. The average Bonchev–Trinajstić information content (AvgIpc) is 3.69. The van der Waals surface area contributed by atoms with Crippen LogP contribution in [0.15, 0.2) is 60.9 Å². The van der Waals surface area contributed by atoms with E-state index in [0.29, 0.717) is 18.0 Å². The average molecular weight is 636 g/mol. The number of aromatic nitrogens is 2. The van der Waals surface area contributed by atoms with E-state index in [2.05, 4.69) is 90.3 Å². The van der Waals surface area contributed by atoms with Gasteiger partial charge < -0.3 is 15.2 Å². The highest BCUT2D eigenvalue weighted by Crippen LogP contribution is 2.42. The predicted octanol–water partition coefficient (Wildman–Crippen LogP) is 8.28. The smallest absolute Gasteiger partial charge is 0.233 e. The number of carbonyl (C=O) groups is 1. The molecule has 2 fully saturated rings. The van der Waals surface area contributed by atoms with Crippen molar-refractivity contribution in [2.45, 2.75) is 96.6 Å². The minimum atomic E-state index is -0.555. The number of nitrogens with one attached hydrogen (secondary N) is 2. The van der Waals surface area contributed by atoms with Crippen LogP contribution < -0.4 is 5.32 Å². The van der Waals surface area contributed by atoms with E-state index in [0.717, 1.165) is 49.9 Å². The molecule has 2 aliphatic heterocycles. The largest absolute Gasteiger partial charge is 0.354 e. The first-order valence-corrected chi connectivity index (χ1v) is 16.0. The minimum Gasteiger partial charge on any atom is -0.354 e. The lowest BCUT2D eigenvalue weighted by atomic mass is 9.82. The van der Waals surface area contributed by atoms with Crippen LogP contribution in [0.4, 0.5) is 0 Å². The van der Waals surface area contributed by atoms with Crippen LogP contribution in [0.25, 0.3) is 22.2 Å². The molecule has 5 nitrogen and oxygen atoms in total. The van der Waals surface area contributed by atoms with Gasteiger partial charge >= 0.3 is 0 Å². The highest BCUT2D eigenvalue weighted by atomic mass is 35.5. The van der Waals surface area contributed by atoms with E-state index in [4.69, 9.17) is 0 Å². The number of amides is 1. The molecular weight excluding hydrogens is 587 g/mol. The first-order chi connectivity index (χ1) is 20.3. The van der Waals surface area contributed by atoms with Crippen LogP contribution in [0.5, 0.6) is 0 Å². The first-order valence-electron chi connectivity index (χ1n) is 16.0. The Morgan fingerprint density at radius 1 is 0.932 bits per heavy atom. The van der Waals surface area contributed by atoms with Crippen molar-refractivity contribution in [2.75, 3.05) is 13.1 Å². The van der Waals surface area contributed by atoms with Gasteiger partial charge in [-0.05, 0) is 145 Å². The maximum Gasteiger partial charge on any atom is 0.233 e. The number of fused-ring (bicyclic) bond motifs is 3. The summed E-state index contributed by atoms with van der Waals surface area (Å²) < 4.78 is 0. The molecule has 7 heteroatoms. The SMILES string of the molecule is Cc1cc(C)cc(-c2[nH]c3ccc(C(C)(C)C(=O)N4C5CCC4CC5)cc3c2CCNCCCCc2cccnc2)c1.Cl.Cl. The maximum absolute atomic E-state index is 13.9. The summed E-state index contributed by atoms with van der Waals surface area (Å²) in [5.74, 6) is 0.298. The molecule has 2 aliphatic rings. The van der Waals surface area contributed by atoms with Gasteiger partial charge in [0.15, 0.2) is 0 Å². The summed E-state index contributed by atoms with van der Waals surface area (Å²) in [6.45, 7) is 10.5. The number of rotatable bonds is 11. The normalized spacial score (nSPS) is 17.5. The van der Waals surface area contributed by atoms with Crippen LogP contribution >= 0.6 is 24.8 Å². The van der Waals surface area contributed by atoms with Crippen LogP contribution in [-0.2, 0) is 23.1 Å². The third-order valence-corrected chi connectivity index (χ3v) is 9.70. The van der Waals surface area contributed by atoms with E-state index >= 15 is 0 Å². The Hall–Kier alpha value is -2.86. The summed E-state index contributed by atoms with van der Waals surface area (Å²) >= 11 is 0. The fourth-order valence-corrected chi connectivity index (χ4v) is 7.42. The number of hydrogen-bond acceptors (Lipinski definition) is 3. The van der Waals surface area contributed by atoms with Gasteiger partial charge in [-0.25, -0.2) is 0 Å². The minimum absolute atomic E-state index is 0.